The fraction of sp³-hybridized carbons (Fsp3) is 0.444. The van der Waals surface area contributed by atoms with E-state index >= 15 is 0 Å². The lowest BCUT2D eigenvalue weighted by molar-refractivity contribution is -0.122. The van der Waals surface area contributed by atoms with Gasteiger partial charge in [-0.15, -0.1) is 0 Å². The number of likely N-dealkylation sites (tertiary alicyclic amines) is 1. The van der Waals surface area contributed by atoms with Crippen molar-refractivity contribution in [3.05, 3.63) is 42.1 Å². The highest BCUT2D eigenvalue weighted by Gasteiger charge is 2.20. The largest absolute Gasteiger partial charge is 0.355 e. The monoisotopic (exact) mass is 297 g/mol. The molecule has 1 aliphatic rings. The van der Waals surface area contributed by atoms with Crippen LogP contribution in [0.1, 0.15) is 18.9 Å². The lowest BCUT2D eigenvalue weighted by Gasteiger charge is -2.14. The third-order valence-electron chi connectivity index (χ3n) is 4.31. The summed E-state index contributed by atoms with van der Waals surface area (Å²) < 4.78 is 0. The van der Waals surface area contributed by atoms with Crippen molar-refractivity contribution in [3.8, 4) is 0 Å². The van der Waals surface area contributed by atoms with Crippen LogP contribution in [-0.2, 0) is 11.2 Å². The van der Waals surface area contributed by atoms with Crippen LogP contribution in [0.15, 0.2) is 36.5 Å². The fourth-order valence-electron chi connectivity index (χ4n) is 3.13. The van der Waals surface area contributed by atoms with E-state index in [1.807, 2.05) is 18.3 Å². The van der Waals surface area contributed by atoms with Crippen molar-refractivity contribution < 1.29 is 4.79 Å². The molecular weight excluding hydrogens is 274 g/mol. The van der Waals surface area contributed by atoms with Crippen LogP contribution >= 0.6 is 0 Å². The second-order valence-corrected chi connectivity index (χ2v) is 6.22. The number of amides is 1. The molecule has 1 aromatic carbocycles. The molecular formula is C18H23N3O. The van der Waals surface area contributed by atoms with Gasteiger partial charge in [-0.25, -0.2) is 0 Å². The number of pyridine rings is 1. The number of nitrogens with zero attached hydrogens (tertiary/aromatic N) is 2. The number of rotatable bonds is 5. The highest BCUT2D eigenvalue weighted by molar-refractivity contribution is 5.81. The molecule has 2 aromatic rings. The lowest BCUT2D eigenvalue weighted by Crippen LogP contribution is -2.36. The molecule has 1 aliphatic heterocycles. The minimum absolute atomic E-state index is 0.127. The number of fused-ring (bicyclic) bond motifs is 1. The third kappa shape index (κ3) is 3.63. The topological polar surface area (TPSA) is 45.2 Å². The van der Waals surface area contributed by atoms with E-state index in [4.69, 9.17) is 0 Å². The van der Waals surface area contributed by atoms with Crippen LogP contribution in [0.3, 0.4) is 0 Å². The van der Waals surface area contributed by atoms with E-state index in [1.54, 1.807) is 0 Å². The van der Waals surface area contributed by atoms with E-state index in [-0.39, 0.29) is 5.91 Å². The molecule has 0 spiro atoms. The van der Waals surface area contributed by atoms with E-state index in [1.165, 1.54) is 12.0 Å². The van der Waals surface area contributed by atoms with E-state index in [0.29, 0.717) is 13.1 Å². The van der Waals surface area contributed by atoms with Gasteiger partial charge in [0.15, 0.2) is 0 Å². The van der Waals surface area contributed by atoms with Crippen LogP contribution in [0.5, 0.6) is 0 Å². The Hall–Kier alpha value is -1.94. The number of carbonyl (C=O) groups excluding carboxylic acids is 1. The van der Waals surface area contributed by atoms with Crippen molar-refractivity contribution in [2.75, 3.05) is 26.2 Å². The van der Waals surface area contributed by atoms with Crippen molar-refractivity contribution >= 4 is 16.8 Å². The SMILES string of the molecule is C[C@H]1CCN(CC(=O)NCCc2cccc3cccnc23)C1. The summed E-state index contributed by atoms with van der Waals surface area (Å²) >= 11 is 0. The fourth-order valence-corrected chi connectivity index (χ4v) is 3.13. The van der Waals surface area contributed by atoms with Crippen LogP contribution in [0.4, 0.5) is 0 Å². The number of carbonyl (C=O) groups is 1. The molecule has 1 aromatic heterocycles. The maximum absolute atomic E-state index is 12.0. The molecule has 0 radical (unpaired) electrons. The highest BCUT2D eigenvalue weighted by atomic mass is 16.2. The number of aromatic nitrogens is 1. The first-order valence-corrected chi connectivity index (χ1v) is 8.04. The van der Waals surface area contributed by atoms with Gasteiger partial charge in [0.05, 0.1) is 12.1 Å². The van der Waals surface area contributed by atoms with Gasteiger partial charge in [-0.05, 0) is 36.9 Å². The Balaban J connectivity index is 1.51. The Kier molecular flexibility index (Phi) is 4.68. The normalized spacial score (nSPS) is 18.7. The van der Waals surface area contributed by atoms with Crippen LogP contribution < -0.4 is 5.32 Å². The summed E-state index contributed by atoms with van der Waals surface area (Å²) in [5.41, 5.74) is 2.22. The molecule has 4 heteroatoms. The molecule has 1 saturated heterocycles. The average Bonchev–Trinajstić information content (AvgIpc) is 2.92. The van der Waals surface area contributed by atoms with Gasteiger partial charge >= 0.3 is 0 Å². The molecule has 0 saturated carbocycles. The Bertz CT molecular complexity index is 650. The number of benzene rings is 1. The van der Waals surface area contributed by atoms with Crippen molar-refractivity contribution in [2.45, 2.75) is 19.8 Å². The summed E-state index contributed by atoms with van der Waals surface area (Å²) in [6.45, 7) is 5.52. The molecule has 4 nitrogen and oxygen atoms in total. The van der Waals surface area contributed by atoms with Gasteiger partial charge in [-0.3, -0.25) is 14.7 Å². The van der Waals surface area contributed by atoms with Gasteiger partial charge < -0.3 is 5.32 Å². The quantitative estimate of drug-likeness (QED) is 0.920. The molecule has 0 aliphatic carbocycles. The van der Waals surface area contributed by atoms with Gasteiger partial charge in [0.1, 0.15) is 0 Å². The number of hydrogen-bond donors (Lipinski definition) is 1. The maximum atomic E-state index is 12.0. The molecule has 22 heavy (non-hydrogen) atoms. The minimum atomic E-state index is 0.127. The van der Waals surface area contributed by atoms with Gasteiger partial charge in [0.25, 0.3) is 0 Å². The zero-order valence-electron chi connectivity index (χ0n) is 13.1. The summed E-state index contributed by atoms with van der Waals surface area (Å²) in [6, 6.07) is 10.2. The Labute approximate surface area is 131 Å². The van der Waals surface area contributed by atoms with Crippen LogP contribution in [0, 0.1) is 5.92 Å². The predicted molar refractivity (Wildman–Crippen MR) is 88.7 cm³/mol. The first-order valence-electron chi connectivity index (χ1n) is 8.04. The molecule has 0 unspecified atom stereocenters. The van der Waals surface area contributed by atoms with Crippen LogP contribution in [0.25, 0.3) is 10.9 Å². The van der Waals surface area contributed by atoms with Gasteiger partial charge in [-0.1, -0.05) is 31.2 Å². The first kappa shape index (κ1) is 15.0. The molecule has 0 bridgehead atoms. The third-order valence-corrected chi connectivity index (χ3v) is 4.31. The maximum Gasteiger partial charge on any atom is 0.234 e. The number of nitrogens with one attached hydrogen (secondary N) is 1. The Morgan fingerprint density at radius 1 is 1.36 bits per heavy atom. The molecule has 1 fully saturated rings. The summed E-state index contributed by atoms with van der Waals surface area (Å²) in [5.74, 6) is 0.844. The smallest absolute Gasteiger partial charge is 0.234 e. The van der Waals surface area contributed by atoms with Crippen molar-refractivity contribution in [2.24, 2.45) is 5.92 Å². The first-order chi connectivity index (χ1) is 10.7. The molecule has 1 N–H and O–H groups in total. The van der Waals surface area contributed by atoms with Gasteiger partial charge in [0, 0.05) is 24.7 Å². The summed E-state index contributed by atoms with van der Waals surface area (Å²) in [6.07, 6.45) is 3.84. The standard InChI is InChI=1S/C18H23N3O/c1-14-8-11-21(12-14)13-17(22)19-10-7-16-5-2-4-15-6-3-9-20-18(15)16/h2-6,9,14H,7-8,10-13H2,1H3,(H,19,22)/t14-/m0/s1. The number of hydrogen-bond acceptors (Lipinski definition) is 3. The van der Waals surface area contributed by atoms with E-state index < -0.39 is 0 Å². The van der Waals surface area contributed by atoms with Crippen molar-refractivity contribution in [3.63, 3.8) is 0 Å². The Morgan fingerprint density at radius 2 is 2.23 bits per heavy atom. The Morgan fingerprint density at radius 3 is 3.05 bits per heavy atom. The molecule has 1 amide bonds. The summed E-state index contributed by atoms with van der Waals surface area (Å²) in [5, 5.41) is 4.18. The summed E-state index contributed by atoms with van der Waals surface area (Å²) in [7, 11) is 0. The zero-order valence-corrected chi connectivity index (χ0v) is 13.1. The van der Waals surface area contributed by atoms with Gasteiger partial charge in [0.2, 0.25) is 5.91 Å². The average molecular weight is 297 g/mol. The van der Waals surface area contributed by atoms with E-state index in [0.717, 1.165) is 36.3 Å². The molecule has 3 rings (SSSR count). The zero-order chi connectivity index (χ0) is 15.4. The summed E-state index contributed by atoms with van der Waals surface area (Å²) in [4.78, 5) is 18.7. The molecule has 116 valence electrons. The number of para-hydroxylation sites is 1. The molecule has 1 atom stereocenters. The predicted octanol–water partition coefficient (Wildman–Crippen LogP) is 2.24. The van der Waals surface area contributed by atoms with Crippen molar-refractivity contribution in [1.29, 1.82) is 0 Å². The van der Waals surface area contributed by atoms with E-state index in [9.17, 15) is 4.79 Å². The lowest BCUT2D eigenvalue weighted by atomic mass is 10.1. The second-order valence-electron chi connectivity index (χ2n) is 6.22. The highest BCUT2D eigenvalue weighted by Crippen LogP contribution is 2.16. The molecule has 2 heterocycles. The van der Waals surface area contributed by atoms with Gasteiger partial charge in [-0.2, -0.15) is 0 Å². The van der Waals surface area contributed by atoms with Crippen LogP contribution in [-0.4, -0.2) is 42.0 Å². The van der Waals surface area contributed by atoms with Crippen LogP contribution in [0.2, 0.25) is 0 Å². The van der Waals surface area contributed by atoms with Crippen molar-refractivity contribution in [1.82, 2.24) is 15.2 Å². The van der Waals surface area contributed by atoms with E-state index in [2.05, 4.69) is 40.3 Å². The minimum Gasteiger partial charge on any atom is -0.355 e. The second kappa shape index (κ2) is 6.88.